The van der Waals surface area contributed by atoms with Crippen LogP contribution in [0.15, 0.2) is 55.0 Å². The molecule has 0 spiro atoms. The fourth-order valence-corrected chi connectivity index (χ4v) is 2.76. The second-order valence-corrected chi connectivity index (χ2v) is 6.60. The molecule has 158 valence electrons. The first kappa shape index (κ1) is 21.2. The smallest absolute Gasteiger partial charge is 0.319 e. The molecule has 0 aliphatic carbocycles. The molecule has 2 aromatic heterocycles. The Morgan fingerprint density at radius 3 is 2.57 bits per heavy atom. The van der Waals surface area contributed by atoms with Crippen LogP contribution in [0, 0.1) is 0 Å². The summed E-state index contributed by atoms with van der Waals surface area (Å²) in [6.45, 7) is 5.59. The average Bonchev–Trinajstić information content (AvgIpc) is 3.30. The number of benzene rings is 1. The molecule has 0 aliphatic heterocycles. The third-order valence-corrected chi connectivity index (χ3v) is 4.15. The number of pyridine rings is 1. The molecule has 2 amide bonds. The first-order valence-electron chi connectivity index (χ1n) is 10.1. The molecule has 0 atom stereocenters. The minimum atomic E-state index is -0.325. The number of carbonyl (C=O) groups excluding carboxylic acids is 1. The molecule has 0 saturated heterocycles. The molecular weight excluding hydrogens is 382 g/mol. The zero-order valence-corrected chi connectivity index (χ0v) is 17.3. The summed E-state index contributed by atoms with van der Waals surface area (Å²) in [5.41, 5.74) is 1.48. The van der Waals surface area contributed by atoms with E-state index in [1.165, 1.54) is 0 Å². The van der Waals surface area contributed by atoms with Gasteiger partial charge in [0, 0.05) is 42.5 Å². The Morgan fingerprint density at radius 2 is 1.83 bits per heavy atom. The molecule has 3 rings (SSSR count). The van der Waals surface area contributed by atoms with E-state index in [0.29, 0.717) is 42.8 Å². The maximum absolute atomic E-state index is 12.4. The third kappa shape index (κ3) is 5.73. The van der Waals surface area contributed by atoms with Crippen molar-refractivity contribution in [3.63, 3.8) is 0 Å². The number of nitrogens with one attached hydrogen (secondary N) is 2. The van der Waals surface area contributed by atoms with Gasteiger partial charge in [0.1, 0.15) is 0 Å². The van der Waals surface area contributed by atoms with Crippen molar-refractivity contribution in [2.75, 3.05) is 18.5 Å². The molecule has 2 heterocycles. The monoisotopic (exact) mass is 409 g/mol. The predicted octanol–water partition coefficient (Wildman–Crippen LogP) is 4.17. The topological polar surface area (TPSA) is 90.3 Å². The summed E-state index contributed by atoms with van der Waals surface area (Å²) >= 11 is 0. The Labute approximate surface area is 176 Å². The molecule has 0 unspecified atom stereocenters. The summed E-state index contributed by atoms with van der Waals surface area (Å²) in [6.07, 6.45) is 6.98. The van der Waals surface area contributed by atoms with E-state index >= 15 is 0 Å². The van der Waals surface area contributed by atoms with E-state index in [1.807, 2.05) is 44.3 Å². The van der Waals surface area contributed by atoms with Gasteiger partial charge in [0.05, 0.1) is 13.2 Å². The lowest BCUT2D eigenvalue weighted by atomic mass is 10.2. The van der Waals surface area contributed by atoms with Gasteiger partial charge in [0.2, 0.25) is 0 Å². The maximum atomic E-state index is 12.4. The van der Waals surface area contributed by atoms with Crippen LogP contribution in [-0.2, 0) is 6.54 Å². The van der Waals surface area contributed by atoms with Crippen LogP contribution in [0.3, 0.4) is 0 Å². The van der Waals surface area contributed by atoms with Crippen LogP contribution >= 0.6 is 0 Å². The van der Waals surface area contributed by atoms with Crippen LogP contribution in [0.5, 0.6) is 11.5 Å². The van der Waals surface area contributed by atoms with E-state index in [4.69, 9.17) is 9.47 Å². The zero-order valence-electron chi connectivity index (χ0n) is 17.3. The van der Waals surface area contributed by atoms with Gasteiger partial charge in [0.15, 0.2) is 17.3 Å². The lowest BCUT2D eigenvalue weighted by Crippen LogP contribution is -2.28. The Bertz CT molecular complexity index is 944. The number of carbonyl (C=O) groups is 1. The molecule has 0 fully saturated rings. The van der Waals surface area contributed by atoms with Crippen LogP contribution in [0.2, 0.25) is 0 Å². The Morgan fingerprint density at radius 1 is 1.03 bits per heavy atom. The van der Waals surface area contributed by atoms with Crippen molar-refractivity contribution in [3.8, 4) is 17.3 Å². The summed E-state index contributed by atoms with van der Waals surface area (Å²) in [7, 11) is 0. The summed E-state index contributed by atoms with van der Waals surface area (Å²) < 4.78 is 13.2. The first-order valence-corrected chi connectivity index (χ1v) is 10.1. The summed E-state index contributed by atoms with van der Waals surface area (Å²) in [6, 6.07) is 10.6. The van der Waals surface area contributed by atoms with E-state index in [0.717, 1.165) is 18.4 Å². The van der Waals surface area contributed by atoms with Gasteiger partial charge in [0.25, 0.3) is 0 Å². The highest BCUT2D eigenvalue weighted by molar-refractivity contribution is 5.89. The van der Waals surface area contributed by atoms with E-state index < -0.39 is 0 Å². The molecule has 0 aliphatic rings. The van der Waals surface area contributed by atoms with Gasteiger partial charge in [-0.05, 0) is 37.1 Å². The summed E-state index contributed by atoms with van der Waals surface area (Å²) in [5, 5.41) is 9.90. The largest absolute Gasteiger partial charge is 0.490 e. The quantitative estimate of drug-likeness (QED) is 0.525. The van der Waals surface area contributed by atoms with Crippen molar-refractivity contribution >= 4 is 11.7 Å². The molecule has 2 N–H and O–H groups in total. The molecule has 8 nitrogen and oxygen atoms in total. The van der Waals surface area contributed by atoms with Crippen molar-refractivity contribution in [1.29, 1.82) is 0 Å². The molecule has 0 saturated carbocycles. The van der Waals surface area contributed by atoms with E-state index in [1.54, 1.807) is 29.2 Å². The van der Waals surface area contributed by atoms with E-state index in [2.05, 4.69) is 20.7 Å². The van der Waals surface area contributed by atoms with Crippen molar-refractivity contribution in [2.24, 2.45) is 0 Å². The fourth-order valence-electron chi connectivity index (χ4n) is 2.76. The molecular formula is C22H27N5O3. The van der Waals surface area contributed by atoms with Crippen LogP contribution in [0.25, 0.3) is 5.82 Å². The number of nitrogens with zero attached hydrogens (tertiary/aromatic N) is 3. The summed E-state index contributed by atoms with van der Waals surface area (Å²) in [5.74, 6) is 1.97. The highest BCUT2D eigenvalue weighted by Gasteiger charge is 2.11. The van der Waals surface area contributed by atoms with Gasteiger partial charge in [-0.25, -0.2) is 14.5 Å². The van der Waals surface area contributed by atoms with E-state index in [9.17, 15) is 4.79 Å². The first-order chi connectivity index (χ1) is 14.7. The maximum Gasteiger partial charge on any atom is 0.319 e. The highest BCUT2D eigenvalue weighted by atomic mass is 16.5. The molecule has 0 radical (unpaired) electrons. The minimum Gasteiger partial charge on any atom is -0.490 e. The number of hydrogen-bond donors (Lipinski definition) is 2. The van der Waals surface area contributed by atoms with Crippen molar-refractivity contribution in [1.82, 2.24) is 20.1 Å². The Balaban J connectivity index is 1.64. The third-order valence-electron chi connectivity index (χ3n) is 4.15. The van der Waals surface area contributed by atoms with Crippen LogP contribution in [-0.4, -0.2) is 34.0 Å². The van der Waals surface area contributed by atoms with Gasteiger partial charge in [-0.2, -0.15) is 5.10 Å². The number of urea groups is 1. The number of hydrogen-bond acceptors (Lipinski definition) is 5. The Hall–Kier alpha value is -3.55. The molecule has 8 heteroatoms. The van der Waals surface area contributed by atoms with Crippen molar-refractivity contribution in [2.45, 2.75) is 33.2 Å². The fraction of sp³-hybridized carbons (Fsp3) is 0.318. The number of aromatic nitrogens is 3. The number of amides is 2. The second kappa shape index (κ2) is 10.8. The highest BCUT2D eigenvalue weighted by Crippen LogP contribution is 2.31. The zero-order chi connectivity index (χ0) is 21.2. The predicted molar refractivity (Wildman–Crippen MR) is 115 cm³/mol. The van der Waals surface area contributed by atoms with Crippen LogP contribution < -0.4 is 20.1 Å². The Kier molecular flexibility index (Phi) is 7.65. The SMILES string of the molecule is CCCOc1ccc(NC(=O)NCc2cccnc2-n2cccn2)cc1OCCC. The molecule has 3 aromatic rings. The van der Waals surface area contributed by atoms with Gasteiger partial charge >= 0.3 is 6.03 Å². The number of ether oxygens (including phenoxy) is 2. The van der Waals surface area contributed by atoms with Gasteiger partial charge in [-0.15, -0.1) is 0 Å². The van der Waals surface area contributed by atoms with Gasteiger partial charge in [-0.3, -0.25) is 0 Å². The molecule has 30 heavy (non-hydrogen) atoms. The van der Waals surface area contributed by atoms with Crippen molar-refractivity contribution < 1.29 is 14.3 Å². The summed E-state index contributed by atoms with van der Waals surface area (Å²) in [4.78, 5) is 16.8. The van der Waals surface area contributed by atoms with Crippen molar-refractivity contribution in [3.05, 3.63) is 60.6 Å². The molecule has 0 bridgehead atoms. The van der Waals surface area contributed by atoms with Gasteiger partial charge < -0.3 is 20.1 Å². The van der Waals surface area contributed by atoms with E-state index in [-0.39, 0.29) is 6.03 Å². The normalized spacial score (nSPS) is 10.5. The minimum absolute atomic E-state index is 0.311. The number of anilines is 1. The second-order valence-electron chi connectivity index (χ2n) is 6.60. The average molecular weight is 409 g/mol. The van der Waals surface area contributed by atoms with Crippen LogP contribution in [0.4, 0.5) is 10.5 Å². The standard InChI is InChI=1S/C22H27N5O3/c1-3-13-29-19-9-8-18(15-20(19)30-14-4-2)26-22(28)24-16-17-7-5-10-23-21(17)27-12-6-11-25-27/h5-12,15H,3-4,13-14,16H2,1-2H3,(H2,24,26,28). The lowest BCUT2D eigenvalue weighted by Gasteiger charge is -2.14. The number of rotatable bonds is 10. The van der Waals surface area contributed by atoms with Gasteiger partial charge in [-0.1, -0.05) is 19.9 Å². The molecule has 1 aromatic carbocycles. The lowest BCUT2D eigenvalue weighted by molar-refractivity contribution is 0.251. The van der Waals surface area contributed by atoms with Crippen LogP contribution in [0.1, 0.15) is 32.3 Å².